The molecule has 9 nitrogen and oxygen atoms in total. The molecule has 0 aromatic rings. The Balaban J connectivity index is 0. The third-order valence-electron chi connectivity index (χ3n) is 4.50. The number of amides is 1. The molecule has 0 aliphatic carbocycles. The minimum absolute atomic E-state index is 0.0155. The fourth-order valence-corrected chi connectivity index (χ4v) is 2.93. The molecule has 10 heteroatoms. The Hall–Kier alpha value is -1.39. The number of nitrogens with two attached hydrogens (primary N) is 1. The van der Waals surface area contributed by atoms with Gasteiger partial charge in [0.25, 0.3) is 0 Å². The maximum absolute atomic E-state index is 11.6. The lowest BCUT2D eigenvalue weighted by molar-refractivity contribution is -0.121. The van der Waals surface area contributed by atoms with E-state index in [1.54, 1.807) is 0 Å². The molecule has 30 heavy (non-hydrogen) atoms. The maximum Gasteiger partial charge on any atom is 0.394 e. The first-order chi connectivity index (χ1) is 14.2. The molecule has 0 bridgehead atoms. The highest BCUT2D eigenvalue weighted by atomic mass is 32.3. The van der Waals surface area contributed by atoms with Crippen molar-refractivity contribution in [3.05, 3.63) is 0 Å². The zero-order valence-electron chi connectivity index (χ0n) is 18.6. The number of carbonyl (C=O) groups is 1. The van der Waals surface area contributed by atoms with E-state index in [0.717, 1.165) is 19.3 Å². The lowest BCUT2D eigenvalue weighted by Crippen LogP contribution is -2.33. The molecule has 180 valence electrons. The zero-order valence-corrected chi connectivity index (χ0v) is 19.4. The number of hydrogen-bond donors (Lipinski definition) is 6. The van der Waals surface area contributed by atoms with Crippen molar-refractivity contribution in [2.75, 3.05) is 13.1 Å². The van der Waals surface area contributed by atoms with Gasteiger partial charge in [0.1, 0.15) is 0 Å². The Bertz CT molecular complexity index is 507. The summed E-state index contributed by atoms with van der Waals surface area (Å²) < 4.78 is 31.6. The number of nitrogens with one attached hydrogen (secondary N) is 3. The van der Waals surface area contributed by atoms with Gasteiger partial charge in [0.05, 0.1) is 0 Å². The van der Waals surface area contributed by atoms with Crippen LogP contribution in [0.15, 0.2) is 0 Å². The molecule has 0 fully saturated rings. The Morgan fingerprint density at radius 2 is 1.13 bits per heavy atom. The largest absolute Gasteiger partial charge is 0.394 e. The van der Waals surface area contributed by atoms with E-state index in [2.05, 4.69) is 17.6 Å². The maximum atomic E-state index is 11.6. The molecule has 0 radical (unpaired) electrons. The molecule has 0 aromatic heterocycles. The predicted molar refractivity (Wildman–Crippen MR) is 122 cm³/mol. The van der Waals surface area contributed by atoms with Gasteiger partial charge in [-0.1, -0.05) is 84.0 Å². The summed E-state index contributed by atoms with van der Waals surface area (Å²) in [6.07, 6.45) is 18.7. The van der Waals surface area contributed by atoms with Gasteiger partial charge in [0, 0.05) is 19.5 Å². The van der Waals surface area contributed by atoms with Crippen molar-refractivity contribution < 1.29 is 22.3 Å². The second kappa shape index (κ2) is 22.3. The van der Waals surface area contributed by atoms with Gasteiger partial charge in [0.2, 0.25) is 5.91 Å². The summed E-state index contributed by atoms with van der Waals surface area (Å²) in [6.45, 7) is 3.55. The van der Waals surface area contributed by atoms with Crippen LogP contribution in [0.2, 0.25) is 0 Å². The normalized spacial score (nSPS) is 10.8. The molecule has 0 unspecified atom stereocenters. The molecular weight excluding hydrogens is 408 g/mol. The first-order valence-corrected chi connectivity index (χ1v) is 12.6. The zero-order chi connectivity index (χ0) is 23.1. The first-order valence-electron chi connectivity index (χ1n) is 11.2. The predicted octanol–water partition coefficient (Wildman–Crippen LogP) is 3.80. The van der Waals surface area contributed by atoms with Crippen LogP contribution in [0.5, 0.6) is 0 Å². The van der Waals surface area contributed by atoms with Crippen LogP contribution >= 0.6 is 0 Å². The smallest absolute Gasteiger partial charge is 0.370 e. The summed E-state index contributed by atoms with van der Waals surface area (Å²) in [5.74, 6) is 0.129. The van der Waals surface area contributed by atoms with Gasteiger partial charge in [-0.25, -0.2) is 0 Å². The average Bonchev–Trinajstić information content (AvgIpc) is 2.63. The van der Waals surface area contributed by atoms with Crippen LogP contribution in [-0.4, -0.2) is 42.5 Å². The van der Waals surface area contributed by atoms with Crippen LogP contribution < -0.4 is 16.4 Å². The fraction of sp³-hybridized carbons (Fsp3) is 0.900. The molecular formula is C20H44N4O5S. The molecule has 7 N–H and O–H groups in total. The number of unbranched alkanes of at least 4 members (excludes halogenated alkanes) is 12. The third kappa shape index (κ3) is 37.4. The van der Waals surface area contributed by atoms with Crippen molar-refractivity contribution in [3.63, 3.8) is 0 Å². The van der Waals surface area contributed by atoms with E-state index in [-0.39, 0.29) is 11.9 Å². The molecule has 0 saturated carbocycles. The van der Waals surface area contributed by atoms with Gasteiger partial charge >= 0.3 is 10.4 Å². The van der Waals surface area contributed by atoms with E-state index in [1.807, 2.05) is 0 Å². The summed E-state index contributed by atoms with van der Waals surface area (Å²) in [4.78, 5) is 11.6. The summed E-state index contributed by atoms with van der Waals surface area (Å²) in [7, 11) is -4.67. The van der Waals surface area contributed by atoms with Gasteiger partial charge in [0.15, 0.2) is 5.96 Å². The van der Waals surface area contributed by atoms with E-state index in [0.29, 0.717) is 19.5 Å². The number of guanidine groups is 1. The van der Waals surface area contributed by atoms with Crippen LogP contribution in [0.1, 0.15) is 103 Å². The lowest BCUT2D eigenvalue weighted by atomic mass is 10.0. The van der Waals surface area contributed by atoms with Crippen LogP contribution in [0.4, 0.5) is 0 Å². The highest BCUT2D eigenvalue weighted by molar-refractivity contribution is 7.79. The lowest BCUT2D eigenvalue weighted by Gasteiger charge is -2.06. The minimum atomic E-state index is -4.67. The van der Waals surface area contributed by atoms with Crippen molar-refractivity contribution >= 4 is 22.3 Å². The van der Waals surface area contributed by atoms with Crippen molar-refractivity contribution in [1.29, 1.82) is 5.41 Å². The Labute approximate surface area is 183 Å². The molecule has 0 heterocycles. The van der Waals surface area contributed by atoms with Crippen LogP contribution in [-0.2, 0) is 15.2 Å². The van der Waals surface area contributed by atoms with Crippen molar-refractivity contribution in [2.45, 2.75) is 103 Å². The molecule has 0 aromatic carbocycles. The molecule has 0 aliphatic rings. The van der Waals surface area contributed by atoms with Crippen LogP contribution in [0.25, 0.3) is 0 Å². The van der Waals surface area contributed by atoms with Crippen LogP contribution in [0, 0.1) is 5.41 Å². The van der Waals surface area contributed by atoms with Crippen molar-refractivity contribution in [1.82, 2.24) is 10.6 Å². The number of rotatable bonds is 18. The SMILES string of the molecule is CCCCCCCCCCCCCCCC(=O)NCCCNC(=N)N.O=S(=O)(O)O. The van der Waals surface area contributed by atoms with Gasteiger partial charge in [-0.15, -0.1) is 0 Å². The Morgan fingerprint density at radius 3 is 1.53 bits per heavy atom. The summed E-state index contributed by atoms with van der Waals surface area (Å²) >= 11 is 0. The quantitative estimate of drug-likeness (QED) is 0.0796. The molecule has 1 amide bonds. The van der Waals surface area contributed by atoms with E-state index in [4.69, 9.17) is 28.7 Å². The molecule has 0 aliphatic heterocycles. The Kier molecular flexibility index (Phi) is 22.9. The fourth-order valence-electron chi connectivity index (χ4n) is 2.93. The standard InChI is InChI=1S/C20H42N4O.H2O4S/c1-2-3-4-5-6-7-8-9-10-11-12-13-14-16-19(25)23-17-15-18-24-20(21)22;1-5(2,3)4/h2-18H2,1H3,(H,23,25)(H4,21,22,24);(H2,1,2,3,4). The average molecular weight is 453 g/mol. The molecule has 0 saturated heterocycles. The summed E-state index contributed by atoms with van der Waals surface area (Å²) in [5, 5.41) is 12.7. The monoisotopic (exact) mass is 452 g/mol. The van der Waals surface area contributed by atoms with Gasteiger partial charge in [-0.3, -0.25) is 19.3 Å². The number of carbonyl (C=O) groups excluding carboxylic acids is 1. The van der Waals surface area contributed by atoms with E-state index >= 15 is 0 Å². The molecule has 0 rings (SSSR count). The Morgan fingerprint density at radius 1 is 0.767 bits per heavy atom. The minimum Gasteiger partial charge on any atom is -0.370 e. The third-order valence-corrected chi connectivity index (χ3v) is 4.50. The van der Waals surface area contributed by atoms with E-state index < -0.39 is 10.4 Å². The molecule has 0 atom stereocenters. The highest BCUT2D eigenvalue weighted by Gasteiger charge is 2.00. The summed E-state index contributed by atoms with van der Waals surface area (Å²) in [6, 6.07) is 0. The second-order valence-corrected chi connectivity index (χ2v) is 8.38. The van der Waals surface area contributed by atoms with Gasteiger partial charge in [-0.2, -0.15) is 8.42 Å². The van der Waals surface area contributed by atoms with Crippen LogP contribution in [0.3, 0.4) is 0 Å². The van der Waals surface area contributed by atoms with E-state index in [9.17, 15) is 4.79 Å². The van der Waals surface area contributed by atoms with Gasteiger partial charge < -0.3 is 16.4 Å². The topological polar surface area (TPSA) is 166 Å². The summed E-state index contributed by atoms with van der Waals surface area (Å²) in [5.41, 5.74) is 5.18. The highest BCUT2D eigenvalue weighted by Crippen LogP contribution is 2.12. The first kappa shape index (κ1) is 30.8. The molecule has 0 spiro atoms. The number of hydrogen-bond acceptors (Lipinski definition) is 4. The van der Waals surface area contributed by atoms with Crippen molar-refractivity contribution in [2.24, 2.45) is 5.73 Å². The van der Waals surface area contributed by atoms with Gasteiger partial charge in [-0.05, 0) is 12.8 Å². The second-order valence-electron chi connectivity index (χ2n) is 7.48. The van der Waals surface area contributed by atoms with E-state index in [1.165, 1.54) is 70.6 Å². The van der Waals surface area contributed by atoms with Crippen molar-refractivity contribution in [3.8, 4) is 0 Å².